The molecule has 0 aromatic heterocycles. The molecule has 0 saturated heterocycles. The number of hydrogen-bond acceptors (Lipinski definition) is 5. The summed E-state index contributed by atoms with van der Waals surface area (Å²) in [5.41, 5.74) is 1.41. The molecule has 1 aliphatic rings. The van der Waals surface area contributed by atoms with Crippen molar-refractivity contribution in [3.05, 3.63) is 77.8 Å². The van der Waals surface area contributed by atoms with Crippen LogP contribution in [-0.4, -0.2) is 32.9 Å². The van der Waals surface area contributed by atoms with Crippen LogP contribution in [0.2, 0.25) is 5.02 Å². The summed E-state index contributed by atoms with van der Waals surface area (Å²) >= 11 is 5.90. The lowest BCUT2D eigenvalue weighted by atomic mass is 10.2. The normalized spacial score (nSPS) is 15.2. The van der Waals surface area contributed by atoms with E-state index in [1.165, 1.54) is 35.5 Å². The van der Waals surface area contributed by atoms with Crippen molar-refractivity contribution in [1.82, 2.24) is 0 Å². The molecule has 0 spiro atoms. The van der Waals surface area contributed by atoms with Gasteiger partial charge < -0.3 is 15.4 Å². The zero-order valence-electron chi connectivity index (χ0n) is 17.5. The molecule has 4 rings (SSSR count). The molecule has 2 N–H and O–H groups in total. The van der Waals surface area contributed by atoms with E-state index >= 15 is 0 Å². The number of para-hydroxylation sites is 2. The molecular weight excluding hydrogens is 466 g/mol. The second kappa shape index (κ2) is 9.13. The lowest BCUT2D eigenvalue weighted by Gasteiger charge is -2.34. The third-order valence-corrected chi connectivity index (χ3v) is 6.95. The molecule has 0 fully saturated rings. The summed E-state index contributed by atoms with van der Waals surface area (Å²) in [5.74, 6) is -0.432. The number of anilines is 3. The van der Waals surface area contributed by atoms with Crippen molar-refractivity contribution in [1.29, 1.82) is 0 Å². The minimum Gasteiger partial charge on any atom is -0.476 e. The average molecular weight is 486 g/mol. The molecule has 1 atom stereocenters. The number of nitrogens with zero attached hydrogens (tertiary/aromatic N) is 1. The average Bonchev–Trinajstić information content (AvgIpc) is 2.79. The van der Waals surface area contributed by atoms with Crippen LogP contribution in [0.4, 0.5) is 17.1 Å². The topological polar surface area (TPSA) is 105 Å². The van der Waals surface area contributed by atoms with Gasteiger partial charge in [-0.15, -0.1) is 0 Å². The van der Waals surface area contributed by atoms with Gasteiger partial charge in [0.2, 0.25) is 5.91 Å². The van der Waals surface area contributed by atoms with E-state index in [0.717, 1.165) is 0 Å². The van der Waals surface area contributed by atoms with Crippen LogP contribution in [0.5, 0.6) is 5.75 Å². The molecule has 0 radical (unpaired) electrons. The van der Waals surface area contributed by atoms with Gasteiger partial charge in [-0.2, -0.15) is 0 Å². The highest BCUT2D eigenvalue weighted by Crippen LogP contribution is 2.37. The van der Waals surface area contributed by atoms with Gasteiger partial charge in [0.25, 0.3) is 15.9 Å². The summed E-state index contributed by atoms with van der Waals surface area (Å²) in [4.78, 5) is 24.2. The Hall–Kier alpha value is -3.56. The summed E-state index contributed by atoms with van der Waals surface area (Å²) < 4.78 is 33.7. The molecule has 2 amide bonds. The molecule has 1 heterocycles. The monoisotopic (exact) mass is 485 g/mol. The van der Waals surface area contributed by atoms with Gasteiger partial charge in [-0.1, -0.05) is 23.7 Å². The first kappa shape index (κ1) is 22.6. The fourth-order valence-electron chi connectivity index (χ4n) is 3.36. The van der Waals surface area contributed by atoms with Crippen molar-refractivity contribution in [2.75, 3.05) is 21.5 Å². The smallest absolute Gasteiger partial charge is 0.267 e. The highest BCUT2D eigenvalue weighted by Gasteiger charge is 2.37. The molecule has 0 saturated carbocycles. The van der Waals surface area contributed by atoms with Crippen LogP contribution in [0.15, 0.2) is 77.7 Å². The van der Waals surface area contributed by atoms with E-state index in [2.05, 4.69) is 10.6 Å². The van der Waals surface area contributed by atoms with E-state index in [9.17, 15) is 18.0 Å². The van der Waals surface area contributed by atoms with Gasteiger partial charge in [-0.3, -0.25) is 13.9 Å². The van der Waals surface area contributed by atoms with Crippen LogP contribution in [0.25, 0.3) is 0 Å². The predicted octanol–water partition coefficient (Wildman–Crippen LogP) is 3.89. The minimum absolute atomic E-state index is 0.0521. The van der Waals surface area contributed by atoms with Crippen molar-refractivity contribution < 1.29 is 22.7 Å². The second-order valence-electron chi connectivity index (χ2n) is 7.31. The van der Waals surface area contributed by atoms with Crippen LogP contribution in [0, 0.1) is 0 Å². The van der Waals surface area contributed by atoms with E-state index < -0.39 is 22.0 Å². The van der Waals surface area contributed by atoms with Crippen molar-refractivity contribution in [3.63, 3.8) is 0 Å². The van der Waals surface area contributed by atoms with Crippen LogP contribution in [0.1, 0.15) is 6.92 Å². The lowest BCUT2D eigenvalue weighted by Crippen LogP contribution is -2.48. The number of sulfonamides is 1. The number of rotatable bonds is 5. The van der Waals surface area contributed by atoms with Gasteiger partial charge in [0.15, 0.2) is 6.10 Å². The van der Waals surface area contributed by atoms with Gasteiger partial charge in [-0.25, -0.2) is 8.42 Å². The number of halogens is 1. The Morgan fingerprint density at radius 1 is 0.939 bits per heavy atom. The maximum absolute atomic E-state index is 13.4. The first-order chi connectivity index (χ1) is 15.7. The largest absolute Gasteiger partial charge is 0.476 e. The van der Waals surface area contributed by atoms with E-state index in [1.54, 1.807) is 48.5 Å². The molecular formula is C23H20ClN3O5S. The summed E-state index contributed by atoms with van der Waals surface area (Å²) in [6, 6.07) is 19.0. The molecule has 33 heavy (non-hydrogen) atoms. The number of fused-ring (bicyclic) bond motifs is 1. The zero-order valence-corrected chi connectivity index (χ0v) is 19.1. The first-order valence-corrected chi connectivity index (χ1v) is 11.8. The number of ether oxygens (including phenoxy) is 1. The molecule has 8 nitrogen and oxygen atoms in total. The van der Waals surface area contributed by atoms with Gasteiger partial charge >= 0.3 is 0 Å². The molecule has 1 unspecified atom stereocenters. The zero-order chi connectivity index (χ0) is 23.6. The van der Waals surface area contributed by atoms with E-state index in [0.29, 0.717) is 22.1 Å². The molecule has 10 heteroatoms. The van der Waals surface area contributed by atoms with Crippen LogP contribution in [0.3, 0.4) is 0 Å². The van der Waals surface area contributed by atoms with Gasteiger partial charge in [0, 0.05) is 23.3 Å². The predicted molar refractivity (Wildman–Crippen MR) is 126 cm³/mol. The molecule has 0 aliphatic carbocycles. The summed E-state index contributed by atoms with van der Waals surface area (Å²) in [6.07, 6.45) is -1.09. The van der Waals surface area contributed by atoms with Crippen molar-refractivity contribution in [3.8, 4) is 5.75 Å². The van der Waals surface area contributed by atoms with Crippen molar-refractivity contribution >= 4 is 50.5 Å². The number of hydrogen-bond donors (Lipinski definition) is 2. The van der Waals surface area contributed by atoms with E-state index in [1.807, 2.05) is 0 Å². The van der Waals surface area contributed by atoms with Crippen LogP contribution < -0.4 is 19.7 Å². The van der Waals surface area contributed by atoms with E-state index in [-0.39, 0.29) is 23.1 Å². The molecule has 3 aromatic rings. The fraction of sp³-hybridized carbons (Fsp3) is 0.130. The fourth-order valence-corrected chi connectivity index (χ4v) is 4.97. The quantitative estimate of drug-likeness (QED) is 0.570. The Morgan fingerprint density at radius 3 is 2.18 bits per heavy atom. The summed E-state index contributed by atoms with van der Waals surface area (Å²) in [6.45, 7) is 1.19. The third-order valence-electron chi connectivity index (χ3n) is 4.90. The Labute approximate surface area is 196 Å². The Kier molecular flexibility index (Phi) is 6.26. The maximum Gasteiger partial charge on any atom is 0.267 e. The minimum atomic E-state index is -3.97. The van der Waals surface area contributed by atoms with E-state index in [4.69, 9.17) is 16.3 Å². The van der Waals surface area contributed by atoms with Crippen LogP contribution in [-0.2, 0) is 19.6 Å². The number of carbonyl (C=O) groups excluding carboxylic acids is 2. The lowest BCUT2D eigenvalue weighted by molar-refractivity contribution is -0.122. The Bertz CT molecular complexity index is 1290. The molecule has 3 aromatic carbocycles. The van der Waals surface area contributed by atoms with Gasteiger partial charge in [-0.05, 0) is 60.7 Å². The second-order valence-corrected chi connectivity index (χ2v) is 9.61. The Morgan fingerprint density at radius 2 is 1.55 bits per heavy atom. The number of benzene rings is 3. The number of carbonyl (C=O) groups is 2. The number of nitrogens with one attached hydrogen (secondary N) is 2. The van der Waals surface area contributed by atoms with Gasteiger partial charge in [0.05, 0.1) is 17.1 Å². The Balaban J connectivity index is 1.59. The molecule has 1 aliphatic heterocycles. The van der Waals surface area contributed by atoms with Crippen LogP contribution >= 0.6 is 11.6 Å². The number of amides is 2. The SMILES string of the molecule is CC(=O)Nc1ccc(NC(=O)C2CN(S(=O)(=O)c3ccc(Cl)cc3)c3ccccc3O2)cc1. The summed E-state index contributed by atoms with van der Waals surface area (Å²) in [5, 5.41) is 5.78. The molecule has 0 bridgehead atoms. The third kappa shape index (κ3) is 4.94. The maximum atomic E-state index is 13.4. The standard InChI is InChI=1S/C23H20ClN3O5S/c1-15(28)25-17-8-10-18(11-9-17)26-23(29)22-14-27(20-4-2-3-5-21(20)32-22)33(30,31)19-12-6-16(24)7-13-19/h2-13,22H,14H2,1H3,(H,25,28)(H,26,29). The van der Waals surface area contributed by atoms with Gasteiger partial charge in [0.1, 0.15) is 5.75 Å². The highest BCUT2D eigenvalue weighted by atomic mass is 35.5. The summed E-state index contributed by atoms with van der Waals surface area (Å²) in [7, 11) is -3.97. The van der Waals surface area contributed by atoms with Crippen molar-refractivity contribution in [2.24, 2.45) is 0 Å². The highest BCUT2D eigenvalue weighted by molar-refractivity contribution is 7.92. The first-order valence-electron chi connectivity index (χ1n) is 9.96. The molecule has 170 valence electrons. The van der Waals surface area contributed by atoms with Crippen molar-refractivity contribution in [2.45, 2.75) is 17.9 Å².